The van der Waals surface area contributed by atoms with Crippen molar-refractivity contribution in [1.29, 1.82) is 0 Å². The van der Waals surface area contributed by atoms with Crippen LogP contribution >= 0.6 is 11.6 Å². The van der Waals surface area contributed by atoms with Crippen molar-refractivity contribution in [1.82, 2.24) is 0 Å². The molecule has 0 saturated carbocycles. The second kappa shape index (κ2) is 5.73. The molecular formula is C10H13ClO2. The molecule has 0 aromatic heterocycles. The van der Waals surface area contributed by atoms with E-state index in [1.807, 2.05) is 0 Å². The summed E-state index contributed by atoms with van der Waals surface area (Å²) in [6.45, 7) is 8.49. The highest BCUT2D eigenvalue weighted by atomic mass is 35.5. The van der Waals surface area contributed by atoms with Gasteiger partial charge >= 0.3 is 0 Å². The smallest absolute Gasteiger partial charge is 0.163 e. The molecule has 0 bridgehead atoms. The summed E-state index contributed by atoms with van der Waals surface area (Å²) in [6.07, 6.45) is 2.51. The van der Waals surface area contributed by atoms with E-state index in [-0.39, 0.29) is 5.78 Å². The van der Waals surface area contributed by atoms with E-state index in [4.69, 9.17) is 16.3 Å². The molecule has 1 atom stereocenters. The van der Waals surface area contributed by atoms with Gasteiger partial charge in [0.1, 0.15) is 6.10 Å². The lowest BCUT2D eigenvalue weighted by Crippen LogP contribution is -2.22. The van der Waals surface area contributed by atoms with Crippen LogP contribution in [0.25, 0.3) is 0 Å². The third-order valence-corrected chi connectivity index (χ3v) is 1.72. The summed E-state index contributed by atoms with van der Waals surface area (Å²) in [7, 11) is 1.45. The number of carbonyl (C=O) groups excluding carboxylic acids is 1. The van der Waals surface area contributed by atoms with Crippen LogP contribution in [0.3, 0.4) is 0 Å². The second-order valence-electron chi connectivity index (χ2n) is 2.49. The highest BCUT2D eigenvalue weighted by molar-refractivity contribution is 6.32. The molecule has 0 amide bonds. The Morgan fingerprint density at radius 3 is 2.38 bits per heavy atom. The van der Waals surface area contributed by atoms with Crippen LogP contribution in [0.15, 0.2) is 35.9 Å². The van der Waals surface area contributed by atoms with Crippen LogP contribution in [-0.4, -0.2) is 19.0 Å². The van der Waals surface area contributed by atoms with Gasteiger partial charge in [-0.25, -0.2) is 0 Å². The fraction of sp³-hybridized carbons (Fsp3) is 0.300. The molecule has 0 fully saturated rings. The molecule has 0 saturated heterocycles. The summed E-state index contributed by atoms with van der Waals surface area (Å²) < 4.78 is 4.98. The first kappa shape index (κ1) is 12.1. The second-order valence-corrected chi connectivity index (χ2v) is 2.95. The molecule has 0 radical (unpaired) electrons. The monoisotopic (exact) mass is 200 g/mol. The third kappa shape index (κ3) is 3.57. The Hall–Kier alpha value is -0.860. The maximum Gasteiger partial charge on any atom is 0.163 e. The van der Waals surface area contributed by atoms with Gasteiger partial charge in [-0.1, -0.05) is 36.9 Å². The largest absolute Gasteiger partial charge is 0.369 e. The van der Waals surface area contributed by atoms with Crippen LogP contribution in [0.4, 0.5) is 0 Å². The molecule has 0 spiro atoms. The van der Waals surface area contributed by atoms with Crippen LogP contribution in [-0.2, 0) is 9.53 Å². The lowest BCUT2D eigenvalue weighted by molar-refractivity contribution is -0.124. The summed E-state index contributed by atoms with van der Waals surface area (Å²) in [5.41, 5.74) is 0.548. The Kier molecular flexibility index (Phi) is 5.35. The van der Waals surface area contributed by atoms with Crippen molar-refractivity contribution in [3.8, 4) is 0 Å². The van der Waals surface area contributed by atoms with Crippen LogP contribution in [0.5, 0.6) is 0 Å². The van der Waals surface area contributed by atoms with Crippen molar-refractivity contribution in [2.45, 2.75) is 13.0 Å². The molecule has 0 aromatic carbocycles. The lowest BCUT2D eigenvalue weighted by atomic mass is 10.1. The quantitative estimate of drug-likeness (QED) is 0.638. The molecule has 13 heavy (non-hydrogen) atoms. The van der Waals surface area contributed by atoms with E-state index in [1.54, 1.807) is 6.08 Å². The number of Topliss-reactive ketones (excluding diaryl/α,β-unsaturated/α-hetero) is 1. The molecule has 0 heterocycles. The van der Waals surface area contributed by atoms with Gasteiger partial charge in [-0.05, 0) is 6.92 Å². The minimum absolute atomic E-state index is 0.114. The summed E-state index contributed by atoms with van der Waals surface area (Å²) >= 11 is 5.70. The maximum atomic E-state index is 11.1. The zero-order chi connectivity index (χ0) is 10.4. The first-order valence-corrected chi connectivity index (χ1v) is 4.13. The van der Waals surface area contributed by atoms with Gasteiger partial charge < -0.3 is 4.74 Å². The van der Waals surface area contributed by atoms with Crippen molar-refractivity contribution in [3.05, 3.63) is 35.9 Å². The van der Waals surface area contributed by atoms with Crippen LogP contribution < -0.4 is 0 Å². The van der Waals surface area contributed by atoms with Crippen molar-refractivity contribution in [2.75, 3.05) is 7.11 Å². The summed E-state index contributed by atoms with van der Waals surface area (Å²) in [5, 5.41) is 0.293. The molecule has 72 valence electrons. The number of allylic oxidation sites excluding steroid dienone is 2. The minimum Gasteiger partial charge on any atom is -0.369 e. The Bertz CT molecular complexity index is 254. The Balaban J connectivity index is 4.91. The summed E-state index contributed by atoms with van der Waals surface area (Å²) in [4.78, 5) is 11.1. The molecule has 0 N–H and O–H groups in total. The SMILES string of the molecule is C=C/C=C(\C(=C)Cl)C(OC)C(C)=O. The average molecular weight is 201 g/mol. The third-order valence-electron chi connectivity index (χ3n) is 1.50. The molecule has 1 unspecified atom stereocenters. The average Bonchev–Trinajstić information content (AvgIpc) is 2.03. The van der Waals surface area contributed by atoms with E-state index in [2.05, 4.69) is 13.2 Å². The van der Waals surface area contributed by atoms with Gasteiger partial charge in [0, 0.05) is 17.7 Å². The maximum absolute atomic E-state index is 11.1. The van der Waals surface area contributed by atoms with E-state index >= 15 is 0 Å². The summed E-state index contributed by atoms with van der Waals surface area (Å²) in [5.74, 6) is -0.114. The summed E-state index contributed by atoms with van der Waals surface area (Å²) in [6, 6.07) is 0. The predicted octanol–water partition coefficient (Wildman–Crippen LogP) is 2.46. The van der Waals surface area contributed by atoms with Gasteiger partial charge in [0.05, 0.1) is 0 Å². The first-order chi connectivity index (χ1) is 6.04. The van der Waals surface area contributed by atoms with Gasteiger partial charge in [-0.3, -0.25) is 4.79 Å². The Morgan fingerprint density at radius 2 is 2.15 bits per heavy atom. The molecule has 0 aromatic rings. The van der Waals surface area contributed by atoms with Crippen molar-refractivity contribution in [3.63, 3.8) is 0 Å². The van der Waals surface area contributed by atoms with E-state index in [0.29, 0.717) is 10.6 Å². The number of hydrogen-bond acceptors (Lipinski definition) is 2. The van der Waals surface area contributed by atoms with Gasteiger partial charge in [-0.2, -0.15) is 0 Å². The van der Waals surface area contributed by atoms with Gasteiger partial charge in [0.15, 0.2) is 5.78 Å². The van der Waals surface area contributed by atoms with E-state index in [0.717, 1.165) is 0 Å². The Labute approximate surface area is 83.5 Å². The van der Waals surface area contributed by atoms with E-state index in [1.165, 1.54) is 20.1 Å². The topological polar surface area (TPSA) is 26.3 Å². The fourth-order valence-corrected chi connectivity index (χ4v) is 1.12. The van der Waals surface area contributed by atoms with Crippen LogP contribution in [0.2, 0.25) is 0 Å². The molecule has 0 aliphatic heterocycles. The van der Waals surface area contributed by atoms with Crippen molar-refractivity contribution < 1.29 is 9.53 Å². The van der Waals surface area contributed by atoms with E-state index < -0.39 is 6.10 Å². The molecule has 2 nitrogen and oxygen atoms in total. The lowest BCUT2D eigenvalue weighted by Gasteiger charge is -2.14. The predicted molar refractivity (Wildman–Crippen MR) is 54.8 cm³/mol. The van der Waals surface area contributed by atoms with E-state index in [9.17, 15) is 4.79 Å². The molecule has 3 heteroatoms. The number of rotatable bonds is 5. The van der Waals surface area contributed by atoms with Crippen LogP contribution in [0.1, 0.15) is 6.92 Å². The molecular weight excluding hydrogens is 188 g/mol. The minimum atomic E-state index is -0.650. The Morgan fingerprint density at radius 1 is 1.62 bits per heavy atom. The standard InChI is InChI=1S/C10H13ClO2/c1-5-6-9(7(2)11)10(13-4)8(3)12/h5-6,10H,1-2H2,3-4H3/b9-6+. The highest BCUT2D eigenvalue weighted by Gasteiger charge is 2.19. The fourth-order valence-electron chi connectivity index (χ4n) is 0.959. The van der Waals surface area contributed by atoms with Crippen molar-refractivity contribution in [2.24, 2.45) is 0 Å². The molecule has 0 rings (SSSR count). The highest BCUT2D eigenvalue weighted by Crippen LogP contribution is 2.19. The van der Waals surface area contributed by atoms with Gasteiger partial charge in [-0.15, -0.1) is 0 Å². The number of ketones is 1. The van der Waals surface area contributed by atoms with Gasteiger partial charge in [0.25, 0.3) is 0 Å². The number of hydrogen-bond donors (Lipinski definition) is 0. The molecule has 0 aliphatic carbocycles. The zero-order valence-corrected chi connectivity index (χ0v) is 8.60. The number of methoxy groups -OCH3 is 1. The number of carbonyl (C=O) groups is 1. The van der Waals surface area contributed by atoms with Crippen molar-refractivity contribution >= 4 is 17.4 Å². The zero-order valence-electron chi connectivity index (χ0n) is 7.84. The first-order valence-electron chi connectivity index (χ1n) is 3.75. The normalized spacial score (nSPS) is 13.6. The van der Waals surface area contributed by atoms with Crippen LogP contribution in [0, 0.1) is 0 Å². The molecule has 0 aliphatic rings. The van der Waals surface area contributed by atoms with Gasteiger partial charge in [0.2, 0.25) is 0 Å². The number of halogens is 1. The number of ether oxygens (including phenoxy) is 1.